The van der Waals surface area contributed by atoms with Crippen molar-refractivity contribution < 1.29 is 0 Å². The van der Waals surface area contributed by atoms with E-state index in [1.54, 1.807) is 0 Å². The summed E-state index contributed by atoms with van der Waals surface area (Å²) in [4.78, 5) is 7.34. The number of hydrogen-bond donors (Lipinski definition) is 0. The zero-order chi connectivity index (χ0) is 14.1. The van der Waals surface area contributed by atoms with Crippen molar-refractivity contribution >= 4 is 17.3 Å². The molecule has 1 rings (SSSR count). The SMILES string of the molecule is CCCCN1CN(CCCC)C(=S)N(CCCC)C1. The second-order valence-corrected chi connectivity index (χ2v) is 5.91. The molecule has 1 heterocycles. The van der Waals surface area contributed by atoms with Crippen LogP contribution in [0, 0.1) is 0 Å². The van der Waals surface area contributed by atoms with Crippen molar-refractivity contribution in [1.82, 2.24) is 14.7 Å². The lowest BCUT2D eigenvalue weighted by Gasteiger charge is -2.44. The monoisotopic (exact) mass is 285 g/mol. The fourth-order valence-electron chi connectivity index (χ4n) is 2.40. The van der Waals surface area contributed by atoms with Crippen LogP contribution < -0.4 is 0 Å². The Labute approximate surface area is 124 Å². The zero-order valence-electron chi connectivity index (χ0n) is 13.0. The molecule has 19 heavy (non-hydrogen) atoms. The molecule has 4 heteroatoms. The van der Waals surface area contributed by atoms with Crippen molar-refractivity contribution in [1.29, 1.82) is 0 Å². The largest absolute Gasteiger partial charge is 0.336 e. The van der Waals surface area contributed by atoms with Gasteiger partial charge in [0.15, 0.2) is 5.11 Å². The number of unbranched alkanes of at least 4 members (excludes halogenated alkanes) is 3. The van der Waals surface area contributed by atoms with Crippen LogP contribution in [0.5, 0.6) is 0 Å². The summed E-state index contributed by atoms with van der Waals surface area (Å²) in [5.41, 5.74) is 0. The van der Waals surface area contributed by atoms with Crippen molar-refractivity contribution in [3.8, 4) is 0 Å². The molecule has 1 aliphatic rings. The van der Waals surface area contributed by atoms with Gasteiger partial charge in [0.1, 0.15) is 0 Å². The van der Waals surface area contributed by atoms with Crippen molar-refractivity contribution in [2.24, 2.45) is 0 Å². The summed E-state index contributed by atoms with van der Waals surface area (Å²) >= 11 is 5.67. The fourth-order valence-corrected chi connectivity index (χ4v) is 2.70. The summed E-state index contributed by atoms with van der Waals surface area (Å²) in [6.45, 7) is 12.2. The fraction of sp³-hybridized carbons (Fsp3) is 0.933. The molecule has 0 unspecified atom stereocenters. The lowest BCUT2D eigenvalue weighted by molar-refractivity contribution is 0.0803. The molecule has 0 saturated carbocycles. The van der Waals surface area contributed by atoms with E-state index in [4.69, 9.17) is 12.2 Å². The zero-order valence-corrected chi connectivity index (χ0v) is 13.8. The van der Waals surface area contributed by atoms with E-state index in [1.165, 1.54) is 45.1 Å². The van der Waals surface area contributed by atoms with Gasteiger partial charge in [-0.3, -0.25) is 4.90 Å². The normalized spacial score (nSPS) is 17.3. The van der Waals surface area contributed by atoms with E-state index < -0.39 is 0 Å². The number of rotatable bonds is 9. The predicted octanol–water partition coefficient (Wildman–Crippen LogP) is 3.51. The van der Waals surface area contributed by atoms with Crippen molar-refractivity contribution in [3.63, 3.8) is 0 Å². The van der Waals surface area contributed by atoms with Crippen LogP contribution in [-0.4, -0.2) is 52.8 Å². The first kappa shape index (κ1) is 16.7. The molecule has 3 nitrogen and oxygen atoms in total. The highest BCUT2D eigenvalue weighted by Gasteiger charge is 2.25. The van der Waals surface area contributed by atoms with Gasteiger partial charge in [-0.05, 0) is 31.5 Å². The standard InChI is InChI=1S/C15H31N3S/c1-4-7-10-16-13-17(11-8-5-2)15(19)18(14-16)12-9-6-3/h4-14H2,1-3H3. The lowest BCUT2D eigenvalue weighted by Crippen LogP contribution is -2.58. The maximum Gasteiger partial charge on any atom is 0.173 e. The van der Waals surface area contributed by atoms with Crippen LogP contribution in [0.25, 0.3) is 0 Å². The van der Waals surface area contributed by atoms with Gasteiger partial charge in [0.25, 0.3) is 0 Å². The molecule has 0 aliphatic carbocycles. The van der Waals surface area contributed by atoms with E-state index in [0.717, 1.165) is 31.5 Å². The van der Waals surface area contributed by atoms with Gasteiger partial charge in [-0.15, -0.1) is 0 Å². The number of hydrogen-bond acceptors (Lipinski definition) is 2. The summed E-state index contributed by atoms with van der Waals surface area (Å²) in [5.74, 6) is 0. The van der Waals surface area contributed by atoms with E-state index in [0.29, 0.717) is 0 Å². The Morgan fingerprint density at radius 1 is 0.789 bits per heavy atom. The minimum Gasteiger partial charge on any atom is -0.336 e. The second-order valence-electron chi connectivity index (χ2n) is 5.55. The third-order valence-electron chi connectivity index (χ3n) is 3.67. The van der Waals surface area contributed by atoms with E-state index in [-0.39, 0.29) is 0 Å². The van der Waals surface area contributed by atoms with Gasteiger partial charge in [0.2, 0.25) is 0 Å². The maximum atomic E-state index is 5.67. The number of thiocarbonyl (C=S) groups is 1. The van der Waals surface area contributed by atoms with Gasteiger partial charge in [-0.25, -0.2) is 0 Å². The van der Waals surface area contributed by atoms with E-state index in [9.17, 15) is 0 Å². The Balaban J connectivity index is 2.55. The van der Waals surface area contributed by atoms with Crippen molar-refractivity contribution in [2.45, 2.75) is 59.3 Å². The van der Waals surface area contributed by atoms with Crippen LogP contribution in [0.2, 0.25) is 0 Å². The maximum absolute atomic E-state index is 5.67. The highest BCUT2D eigenvalue weighted by molar-refractivity contribution is 7.80. The summed E-state index contributed by atoms with van der Waals surface area (Å²) in [6.07, 6.45) is 7.51. The lowest BCUT2D eigenvalue weighted by atomic mass is 10.3. The molecular weight excluding hydrogens is 254 g/mol. The van der Waals surface area contributed by atoms with E-state index in [2.05, 4.69) is 35.5 Å². The van der Waals surface area contributed by atoms with Gasteiger partial charge >= 0.3 is 0 Å². The van der Waals surface area contributed by atoms with Crippen molar-refractivity contribution in [2.75, 3.05) is 33.0 Å². The van der Waals surface area contributed by atoms with Gasteiger partial charge in [0, 0.05) is 19.6 Å². The van der Waals surface area contributed by atoms with Gasteiger partial charge in [-0.1, -0.05) is 40.0 Å². The average molecular weight is 286 g/mol. The molecule has 0 aromatic rings. The molecule has 0 N–H and O–H groups in total. The highest BCUT2D eigenvalue weighted by Crippen LogP contribution is 2.13. The molecule has 0 atom stereocenters. The molecule has 1 fully saturated rings. The highest BCUT2D eigenvalue weighted by atomic mass is 32.1. The summed E-state index contributed by atoms with van der Waals surface area (Å²) in [6, 6.07) is 0. The first-order chi connectivity index (χ1) is 9.22. The van der Waals surface area contributed by atoms with Crippen LogP contribution >= 0.6 is 12.2 Å². The molecule has 0 aromatic carbocycles. The Kier molecular flexibility index (Phi) is 8.38. The minimum absolute atomic E-state index is 1.03. The minimum atomic E-state index is 1.03. The molecule has 0 radical (unpaired) electrons. The van der Waals surface area contributed by atoms with Gasteiger partial charge in [-0.2, -0.15) is 0 Å². The van der Waals surface area contributed by atoms with Crippen LogP contribution in [0.4, 0.5) is 0 Å². The van der Waals surface area contributed by atoms with Crippen LogP contribution in [0.3, 0.4) is 0 Å². The Bertz CT molecular complexity index is 238. The van der Waals surface area contributed by atoms with Crippen LogP contribution in [0.15, 0.2) is 0 Å². The predicted molar refractivity (Wildman–Crippen MR) is 87.2 cm³/mol. The molecular formula is C15H31N3S. The first-order valence-corrected chi connectivity index (χ1v) is 8.39. The molecule has 0 amide bonds. The molecule has 1 aliphatic heterocycles. The first-order valence-electron chi connectivity index (χ1n) is 7.99. The number of nitrogens with zero attached hydrogens (tertiary/aromatic N) is 3. The summed E-state index contributed by atoms with van der Waals surface area (Å²) in [7, 11) is 0. The Hall–Kier alpha value is -0.350. The topological polar surface area (TPSA) is 9.72 Å². The third-order valence-corrected chi connectivity index (χ3v) is 4.19. The molecule has 0 aromatic heterocycles. The molecule has 0 bridgehead atoms. The molecule has 0 spiro atoms. The average Bonchev–Trinajstić information content (AvgIpc) is 2.43. The Morgan fingerprint density at radius 3 is 1.63 bits per heavy atom. The van der Waals surface area contributed by atoms with E-state index >= 15 is 0 Å². The van der Waals surface area contributed by atoms with Gasteiger partial charge in [0.05, 0.1) is 13.3 Å². The third kappa shape index (κ3) is 5.65. The van der Waals surface area contributed by atoms with E-state index in [1.807, 2.05) is 0 Å². The van der Waals surface area contributed by atoms with Gasteiger partial charge < -0.3 is 9.80 Å². The smallest absolute Gasteiger partial charge is 0.173 e. The van der Waals surface area contributed by atoms with Crippen LogP contribution in [0.1, 0.15) is 59.3 Å². The quantitative estimate of drug-likeness (QED) is 0.600. The summed E-state index contributed by atoms with van der Waals surface area (Å²) in [5, 5.41) is 1.08. The summed E-state index contributed by atoms with van der Waals surface area (Å²) < 4.78 is 0. The molecule has 1 saturated heterocycles. The Morgan fingerprint density at radius 2 is 1.21 bits per heavy atom. The van der Waals surface area contributed by atoms with Crippen molar-refractivity contribution in [3.05, 3.63) is 0 Å². The molecule has 112 valence electrons. The van der Waals surface area contributed by atoms with Crippen LogP contribution in [-0.2, 0) is 0 Å². The second kappa shape index (κ2) is 9.54.